The molecule has 2 aromatic rings. The summed E-state index contributed by atoms with van der Waals surface area (Å²) in [6, 6.07) is 8.60. The molecule has 0 aliphatic carbocycles. The number of thioether (sulfide) groups is 1. The van der Waals surface area contributed by atoms with E-state index in [0.717, 1.165) is 13.1 Å². The first-order valence-corrected chi connectivity index (χ1v) is 8.75. The number of fused-ring (bicyclic) bond motifs is 1. The Hall–Kier alpha value is -1.26. The molecule has 1 aliphatic rings. The quantitative estimate of drug-likeness (QED) is 0.627. The lowest BCUT2D eigenvalue weighted by Crippen LogP contribution is -2.34. The minimum absolute atomic E-state index is 0.861. The fourth-order valence-corrected chi connectivity index (χ4v) is 4.79. The van der Waals surface area contributed by atoms with Crippen LogP contribution in [0.1, 0.15) is 11.9 Å². The van der Waals surface area contributed by atoms with Crippen molar-refractivity contribution in [1.29, 1.82) is 0 Å². The Bertz CT molecular complexity index is 658. The van der Waals surface area contributed by atoms with Crippen molar-refractivity contribution in [2.24, 2.45) is 0 Å². The van der Waals surface area contributed by atoms with Gasteiger partial charge in [-0.2, -0.15) is 4.57 Å². The average Bonchev–Trinajstić information content (AvgIpc) is 3.05. The maximum atomic E-state index is 3.89. The van der Waals surface area contributed by atoms with Crippen molar-refractivity contribution in [2.45, 2.75) is 13.5 Å². The minimum Gasteiger partial charge on any atom is -0.366 e. The fraction of sp³-hybridized carbons (Fsp3) is 0.312. The summed E-state index contributed by atoms with van der Waals surface area (Å²) in [5.74, 6) is 1.20. The highest BCUT2D eigenvalue weighted by atomic mass is 32.2. The van der Waals surface area contributed by atoms with Gasteiger partial charge in [0.05, 0.1) is 11.1 Å². The van der Waals surface area contributed by atoms with Crippen molar-refractivity contribution >= 4 is 39.4 Å². The molecule has 0 radical (unpaired) electrons. The van der Waals surface area contributed by atoms with E-state index in [-0.39, 0.29) is 0 Å². The largest absolute Gasteiger partial charge is 0.366 e. The van der Waals surface area contributed by atoms with Gasteiger partial charge in [0.2, 0.25) is 5.52 Å². The normalized spacial score (nSPS) is 17.2. The van der Waals surface area contributed by atoms with Gasteiger partial charge in [-0.1, -0.05) is 30.0 Å². The van der Waals surface area contributed by atoms with Crippen molar-refractivity contribution in [1.82, 2.24) is 4.90 Å². The molecule has 0 amide bonds. The summed E-state index contributed by atoms with van der Waals surface area (Å²) in [5, 5.41) is 2.71. The van der Waals surface area contributed by atoms with E-state index in [2.05, 4.69) is 53.3 Å². The standard InChI is InChI=1S/C16H19N2S2/c1-3-9-18-13-7-5-6-8-14(13)20-16(18)12-15-17(4-2)10-11-19-15/h3,5-8,12H,1,4,9-11H2,2H3/q+1. The molecule has 1 aliphatic heterocycles. The summed E-state index contributed by atoms with van der Waals surface area (Å²) in [7, 11) is 0. The summed E-state index contributed by atoms with van der Waals surface area (Å²) in [6.07, 6.45) is 4.32. The Balaban J connectivity index is 2.08. The van der Waals surface area contributed by atoms with Gasteiger partial charge in [0.15, 0.2) is 6.54 Å². The average molecular weight is 303 g/mol. The first-order chi connectivity index (χ1) is 9.83. The van der Waals surface area contributed by atoms with E-state index >= 15 is 0 Å². The zero-order chi connectivity index (χ0) is 13.9. The molecule has 4 heteroatoms. The second-order valence-corrected chi connectivity index (χ2v) is 6.90. The molecule has 1 aromatic carbocycles. The Kier molecular flexibility index (Phi) is 4.13. The van der Waals surface area contributed by atoms with Crippen LogP contribution in [0, 0.1) is 0 Å². The van der Waals surface area contributed by atoms with Gasteiger partial charge in [0.25, 0.3) is 5.01 Å². The van der Waals surface area contributed by atoms with Crippen LogP contribution in [0.15, 0.2) is 41.9 Å². The maximum Gasteiger partial charge on any atom is 0.265 e. The molecule has 0 unspecified atom stereocenters. The molecule has 0 N–H and O–H groups in total. The molecule has 1 fully saturated rings. The predicted molar refractivity (Wildman–Crippen MR) is 89.9 cm³/mol. The molecular formula is C16H19N2S2+. The van der Waals surface area contributed by atoms with E-state index in [1.54, 1.807) is 0 Å². The molecule has 2 nitrogen and oxygen atoms in total. The molecule has 0 spiro atoms. The number of rotatable bonds is 4. The van der Waals surface area contributed by atoms with Gasteiger partial charge >= 0.3 is 0 Å². The van der Waals surface area contributed by atoms with E-state index in [4.69, 9.17) is 0 Å². The summed E-state index contributed by atoms with van der Waals surface area (Å²) in [4.78, 5) is 2.45. The Morgan fingerprint density at radius 2 is 2.25 bits per heavy atom. The van der Waals surface area contributed by atoms with Crippen LogP contribution in [-0.4, -0.2) is 23.7 Å². The van der Waals surface area contributed by atoms with Crippen LogP contribution in [0.3, 0.4) is 0 Å². The molecular weight excluding hydrogens is 284 g/mol. The zero-order valence-corrected chi connectivity index (χ0v) is 13.3. The van der Waals surface area contributed by atoms with Crippen LogP contribution in [0.4, 0.5) is 0 Å². The monoisotopic (exact) mass is 303 g/mol. The third-order valence-electron chi connectivity index (χ3n) is 3.50. The summed E-state index contributed by atoms with van der Waals surface area (Å²) < 4.78 is 3.69. The van der Waals surface area contributed by atoms with Crippen molar-refractivity contribution in [3.63, 3.8) is 0 Å². The number of para-hydroxylation sites is 1. The van der Waals surface area contributed by atoms with E-state index in [1.807, 2.05) is 29.2 Å². The van der Waals surface area contributed by atoms with E-state index < -0.39 is 0 Å². The molecule has 2 heterocycles. The van der Waals surface area contributed by atoms with Crippen molar-refractivity contribution in [3.05, 3.63) is 47.0 Å². The molecule has 20 heavy (non-hydrogen) atoms. The lowest BCUT2D eigenvalue weighted by Gasteiger charge is -2.14. The number of aromatic nitrogens is 1. The minimum atomic E-state index is 0.861. The van der Waals surface area contributed by atoms with Gasteiger partial charge in [-0.15, -0.1) is 11.8 Å². The van der Waals surface area contributed by atoms with Crippen LogP contribution in [-0.2, 0) is 6.54 Å². The van der Waals surface area contributed by atoms with E-state index in [0.29, 0.717) is 0 Å². The number of hydrogen-bond donors (Lipinski definition) is 0. The summed E-state index contributed by atoms with van der Waals surface area (Å²) in [6.45, 7) is 9.23. The molecule has 1 saturated heterocycles. The van der Waals surface area contributed by atoms with Gasteiger partial charge < -0.3 is 4.90 Å². The van der Waals surface area contributed by atoms with E-state index in [9.17, 15) is 0 Å². The highest BCUT2D eigenvalue weighted by molar-refractivity contribution is 8.03. The second kappa shape index (κ2) is 6.02. The molecule has 0 atom stereocenters. The summed E-state index contributed by atoms with van der Waals surface area (Å²) >= 11 is 3.82. The molecule has 1 aromatic heterocycles. The molecule has 0 bridgehead atoms. The van der Waals surface area contributed by atoms with Crippen LogP contribution >= 0.6 is 23.1 Å². The van der Waals surface area contributed by atoms with Gasteiger partial charge in [-0.05, 0) is 19.1 Å². The van der Waals surface area contributed by atoms with Gasteiger partial charge in [0, 0.05) is 24.9 Å². The summed E-state index contributed by atoms with van der Waals surface area (Å²) in [5.41, 5.74) is 1.30. The second-order valence-electron chi connectivity index (χ2n) is 4.72. The number of benzene rings is 1. The molecule has 3 rings (SSSR count). The van der Waals surface area contributed by atoms with Crippen LogP contribution in [0.2, 0.25) is 0 Å². The highest BCUT2D eigenvalue weighted by Gasteiger charge is 2.21. The van der Waals surface area contributed by atoms with Crippen LogP contribution < -0.4 is 4.57 Å². The third kappa shape index (κ3) is 2.50. The Morgan fingerprint density at radius 1 is 1.40 bits per heavy atom. The molecule has 104 valence electrons. The lowest BCUT2D eigenvalue weighted by atomic mass is 10.3. The number of thiazole rings is 1. The first-order valence-electron chi connectivity index (χ1n) is 6.95. The number of hydrogen-bond acceptors (Lipinski definition) is 3. The first kappa shape index (κ1) is 13.7. The Labute approximate surface area is 128 Å². The third-order valence-corrected chi connectivity index (χ3v) is 5.67. The smallest absolute Gasteiger partial charge is 0.265 e. The number of nitrogens with zero attached hydrogens (tertiary/aromatic N) is 2. The maximum absolute atomic E-state index is 3.89. The van der Waals surface area contributed by atoms with Gasteiger partial charge in [0.1, 0.15) is 4.70 Å². The van der Waals surface area contributed by atoms with Crippen LogP contribution in [0.25, 0.3) is 16.3 Å². The van der Waals surface area contributed by atoms with Gasteiger partial charge in [-0.3, -0.25) is 0 Å². The molecule has 0 saturated carbocycles. The predicted octanol–water partition coefficient (Wildman–Crippen LogP) is 3.74. The van der Waals surface area contributed by atoms with Crippen molar-refractivity contribution in [2.75, 3.05) is 18.8 Å². The highest BCUT2D eigenvalue weighted by Crippen LogP contribution is 2.31. The van der Waals surface area contributed by atoms with Crippen molar-refractivity contribution in [3.8, 4) is 0 Å². The van der Waals surface area contributed by atoms with E-state index in [1.165, 1.54) is 32.6 Å². The fourth-order valence-electron chi connectivity index (χ4n) is 2.49. The number of allylic oxidation sites excluding steroid dienone is 1. The van der Waals surface area contributed by atoms with Gasteiger partial charge in [-0.25, -0.2) is 0 Å². The lowest BCUT2D eigenvalue weighted by molar-refractivity contribution is -0.658. The topological polar surface area (TPSA) is 7.12 Å². The zero-order valence-electron chi connectivity index (χ0n) is 11.7. The SMILES string of the molecule is C=CC[n+]1c(C=C2SCCN2CC)sc2ccccc21. The van der Waals surface area contributed by atoms with Crippen LogP contribution in [0.5, 0.6) is 0 Å². The Morgan fingerprint density at radius 3 is 3.05 bits per heavy atom. The van der Waals surface area contributed by atoms with Crippen molar-refractivity contribution < 1.29 is 4.57 Å².